The number of aromatic amines is 1. The lowest BCUT2D eigenvalue weighted by Gasteiger charge is -2.27. The van der Waals surface area contributed by atoms with Crippen molar-refractivity contribution >= 4 is 5.69 Å². The van der Waals surface area contributed by atoms with Crippen molar-refractivity contribution in [2.24, 2.45) is 0 Å². The van der Waals surface area contributed by atoms with Gasteiger partial charge in [0.2, 0.25) is 5.56 Å². The maximum atomic E-state index is 11.1. The summed E-state index contributed by atoms with van der Waals surface area (Å²) < 4.78 is 0. The van der Waals surface area contributed by atoms with E-state index in [-0.39, 0.29) is 5.56 Å². The Kier molecular flexibility index (Phi) is 12.0. The molecule has 156 valence electrons. The molecule has 0 fully saturated rings. The number of H-pyrrole nitrogens is 1. The van der Waals surface area contributed by atoms with E-state index in [4.69, 9.17) is 0 Å². The van der Waals surface area contributed by atoms with Gasteiger partial charge in [-0.15, -0.1) is 0 Å². The van der Waals surface area contributed by atoms with Crippen LogP contribution in [0.2, 0.25) is 0 Å². The molecule has 0 spiro atoms. The third-order valence-corrected chi connectivity index (χ3v) is 5.01. The Balaban J connectivity index is 0.000000334. The van der Waals surface area contributed by atoms with Crippen LogP contribution in [0.25, 0.3) is 11.1 Å². The molecule has 0 bridgehead atoms. The number of anilines is 1. The van der Waals surface area contributed by atoms with E-state index in [2.05, 4.69) is 49.0 Å². The van der Waals surface area contributed by atoms with Gasteiger partial charge in [0.1, 0.15) is 0 Å². The van der Waals surface area contributed by atoms with Crippen LogP contribution in [0, 0.1) is 0 Å². The predicted molar refractivity (Wildman–Crippen MR) is 124 cm³/mol. The highest BCUT2D eigenvalue weighted by molar-refractivity contribution is 5.69. The highest BCUT2D eigenvalue weighted by Crippen LogP contribution is 2.30. The van der Waals surface area contributed by atoms with Gasteiger partial charge in [0.05, 0.1) is 0 Å². The summed E-state index contributed by atoms with van der Waals surface area (Å²) in [7, 11) is 2.14. The predicted octanol–water partition coefficient (Wildman–Crippen LogP) is 6.82. The monoisotopic (exact) mass is 384 g/mol. The van der Waals surface area contributed by atoms with Gasteiger partial charge in [-0.05, 0) is 47.7 Å². The number of fused-ring (bicyclic) bond motifs is 1. The molecule has 3 heteroatoms. The summed E-state index contributed by atoms with van der Waals surface area (Å²) in [6, 6.07) is 9.97. The van der Waals surface area contributed by atoms with Gasteiger partial charge in [-0.2, -0.15) is 0 Å². The molecule has 0 radical (unpaired) electrons. The van der Waals surface area contributed by atoms with Crippen molar-refractivity contribution in [2.45, 2.75) is 79.1 Å². The number of aromatic nitrogens is 1. The summed E-state index contributed by atoms with van der Waals surface area (Å²) in [5.41, 5.74) is 4.89. The zero-order valence-electron chi connectivity index (χ0n) is 18.7. The fourth-order valence-corrected chi connectivity index (χ4v) is 3.41. The van der Waals surface area contributed by atoms with Gasteiger partial charge in [0.15, 0.2) is 0 Å². The van der Waals surface area contributed by atoms with Crippen molar-refractivity contribution in [3.8, 4) is 11.1 Å². The number of pyridine rings is 1. The zero-order valence-corrected chi connectivity index (χ0v) is 18.7. The maximum absolute atomic E-state index is 11.1. The highest BCUT2D eigenvalue weighted by atomic mass is 16.1. The molecule has 3 nitrogen and oxygen atoms in total. The molecule has 2 heterocycles. The lowest BCUT2D eigenvalue weighted by Crippen LogP contribution is -2.24. The van der Waals surface area contributed by atoms with Crippen LogP contribution in [0.3, 0.4) is 0 Å². The Morgan fingerprint density at radius 3 is 2.14 bits per heavy atom. The van der Waals surface area contributed by atoms with E-state index in [1.807, 2.05) is 19.9 Å². The number of unbranched alkanes of at least 4 members (excludes halogenated alkanes) is 5. The molecule has 3 rings (SSSR count). The number of hydrogen-bond acceptors (Lipinski definition) is 2. The van der Waals surface area contributed by atoms with Crippen molar-refractivity contribution < 1.29 is 0 Å². The lowest BCUT2D eigenvalue weighted by molar-refractivity contribution is 0.624. The quantitative estimate of drug-likeness (QED) is 0.555. The largest absolute Gasteiger partial charge is 0.374 e. The van der Waals surface area contributed by atoms with E-state index < -0.39 is 0 Å². The molecular formula is C25H40N2O. The minimum atomic E-state index is -0.0588. The number of hydrogen-bond donors (Lipinski definition) is 1. The Hall–Kier alpha value is -2.03. The third-order valence-electron chi connectivity index (χ3n) is 5.01. The fraction of sp³-hybridized carbons (Fsp3) is 0.560. The summed E-state index contributed by atoms with van der Waals surface area (Å²) in [6.07, 6.45) is 12.6. The second kappa shape index (κ2) is 14.0. The summed E-state index contributed by atoms with van der Waals surface area (Å²) in [5.74, 6) is 0. The van der Waals surface area contributed by atoms with Gasteiger partial charge >= 0.3 is 0 Å². The molecule has 1 aliphatic heterocycles. The zero-order chi connectivity index (χ0) is 20.8. The van der Waals surface area contributed by atoms with Gasteiger partial charge in [-0.25, -0.2) is 0 Å². The van der Waals surface area contributed by atoms with Crippen LogP contribution >= 0.6 is 0 Å². The van der Waals surface area contributed by atoms with Crippen LogP contribution in [0.1, 0.15) is 78.2 Å². The highest BCUT2D eigenvalue weighted by Gasteiger charge is 2.13. The fourth-order valence-electron chi connectivity index (χ4n) is 3.41. The lowest BCUT2D eigenvalue weighted by atomic mass is 9.97. The summed E-state index contributed by atoms with van der Waals surface area (Å²) in [5, 5.41) is 0. The Morgan fingerprint density at radius 2 is 1.57 bits per heavy atom. The number of nitrogens with zero attached hydrogens (tertiary/aromatic N) is 1. The standard InChI is InChI=1S/C15H16N2O.C8H18.C2H6/c1-17-8-2-3-12-9-11(4-6-14(12)17)13-5-7-15(18)16-10-13;1-3-5-7-8-6-4-2;1-2/h4-7,9-10H,2-3,8H2,1H3,(H,16,18);3-8H2,1-2H3;1-2H3. The van der Waals surface area contributed by atoms with Crippen molar-refractivity contribution in [3.63, 3.8) is 0 Å². The van der Waals surface area contributed by atoms with Crippen molar-refractivity contribution in [3.05, 3.63) is 52.4 Å². The normalized spacial score (nSPS) is 12.2. The first-order chi connectivity index (χ1) is 13.7. The molecule has 0 saturated heterocycles. The van der Waals surface area contributed by atoms with E-state index in [0.717, 1.165) is 18.5 Å². The number of benzene rings is 1. The van der Waals surface area contributed by atoms with E-state index >= 15 is 0 Å². The molecule has 0 saturated carbocycles. The van der Waals surface area contributed by atoms with Crippen LogP contribution in [0.5, 0.6) is 0 Å². The third kappa shape index (κ3) is 7.92. The van der Waals surface area contributed by atoms with E-state index in [9.17, 15) is 4.79 Å². The molecule has 0 unspecified atom stereocenters. The molecule has 28 heavy (non-hydrogen) atoms. The molecule has 1 aromatic heterocycles. The van der Waals surface area contributed by atoms with E-state index in [0.29, 0.717) is 0 Å². The smallest absolute Gasteiger partial charge is 0.247 e. The minimum Gasteiger partial charge on any atom is -0.374 e. The molecule has 1 aliphatic rings. The molecule has 1 aromatic carbocycles. The Morgan fingerprint density at radius 1 is 0.929 bits per heavy atom. The molecule has 0 atom stereocenters. The molecule has 1 N–H and O–H groups in total. The average Bonchev–Trinajstić information content (AvgIpc) is 2.74. The maximum Gasteiger partial charge on any atom is 0.247 e. The summed E-state index contributed by atoms with van der Waals surface area (Å²) >= 11 is 0. The summed E-state index contributed by atoms with van der Waals surface area (Å²) in [4.78, 5) is 16.1. The van der Waals surface area contributed by atoms with Crippen molar-refractivity contribution in [1.29, 1.82) is 0 Å². The van der Waals surface area contributed by atoms with Gasteiger partial charge in [-0.1, -0.05) is 72.3 Å². The van der Waals surface area contributed by atoms with Gasteiger partial charge in [0.25, 0.3) is 0 Å². The molecule has 0 aliphatic carbocycles. The van der Waals surface area contributed by atoms with Gasteiger partial charge in [0, 0.05) is 31.5 Å². The van der Waals surface area contributed by atoms with Gasteiger partial charge in [-0.3, -0.25) is 4.79 Å². The molecule has 2 aromatic rings. The topological polar surface area (TPSA) is 36.1 Å². The van der Waals surface area contributed by atoms with Crippen LogP contribution in [0.15, 0.2) is 41.3 Å². The first-order valence-corrected chi connectivity index (χ1v) is 11.2. The second-order valence-corrected chi connectivity index (χ2v) is 7.22. The number of nitrogens with one attached hydrogen (secondary N) is 1. The SMILES string of the molecule is CC.CCCCCCCC.CN1CCCc2cc(-c3ccc(=O)[nH]c3)ccc21. The van der Waals surface area contributed by atoms with Crippen molar-refractivity contribution in [1.82, 2.24) is 4.98 Å². The average molecular weight is 385 g/mol. The molecule has 0 amide bonds. The number of aryl methyl sites for hydroxylation is 1. The first kappa shape index (κ1) is 24.0. The summed E-state index contributed by atoms with van der Waals surface area (Å²) in [6.45, 7) is 9.64. The van der Waals surface area contributed by atoms with E-state index in [1.54, 1.807) is 12.3 Å². The Labute approximate surface area is 172 Å². The Bertz CT molecular complexity index is 694. The number of rotatable bonds is 6. The van der Waals surface area contributed by atoms with Crippen LogP contribution in [0.4, 0.5) is 5.69 Å². The van der Waals surface area contributed by atoms with Crippen LogP contribution in [-0.2, 0) is 6.42 Å². The van der Waals surface area contributed by atoms with Crippen LogP contribution < -0.4 is 10.5 Å². The second-order valence-electron chi connectivity index (χ2n) is 7.22. The van der Waals surface area contributed by atoms with E-state index in [1.165, 1.54) is 61.8 Å². The molecular weight excluding hydrogens is 344 g/mol. The van der Waals surface area contributed by atoms with Crippen molar-refractivity contribution in [2.75, 3.05) is 18.5 Å². The van der Waals surface area contributed by atoms with Crippen LogP contribution in [-0.4, -0.2) is 18.6 Å². The first-order valence-electron chi connectivity index (χ1n) is 11.2. The minimum absolute atomic E-state index is 0.0588. The van der Waals surface area contributed by atoms with Gasteiger partial charge < -0.3 is 9.88 Å².